The van der Waals surface area contributed by atoms with E-state index in [0.717, 1.165) is 25.4 Å². The Hall–Kier alpha value is 0.0862. The average Bonchev–Trinajstić information content (AvgIpc) is 2.96. The molecular formula is C30H22I6MgN2O8. The Morgan fingerprint density at radius 3 is 1.15 bits per heavy atom. The normalized spacial score (nSPS) is 11.7. The van der Waals surface area contributed by atoms with Gasteiger partial charge in [0.2, 0.25) is 0 Å². The predicted octanol–water partition coefficient (Wildman–Crippen LogP) is 4.86. The number of hydrogen-bond donors (Lipinski definition) is 4. The van der Waals surface area contributed by atoms with E-state index in [9.17, 15) is 30.0 Å². The van der Waals surface area contributed by atoms with Gasteiger partial charge in [-0.05, 0) is 220 Å². The van der Waals surface area contributed by atoms with E-state index in [1.807, 2.05) is 69.4 Å². The van der Waals surface area contributed by atoms with E-state index in [1.165, 1.54) is 0 Å². The molecular weight excluding hydrogens is 1300 g/mol. The second-order valence-corrected chi connectivity index (χ2v) is 16.4. The average molecular weight is 1320 g/mol. The molecule has 0 bridgehead atoms. The van der Waals surface area contributed by atoms with Crippen molar-refractivity contribution in [1.29, 1.82) is 0 Å². The van der Waals surface area contributed by atoms with E-state index in [2.05, 4.69) is 90.4 Å². The standard InChI is InChI=1S/2C15H12I3NO4.Mg/c2*16-9-6-8(1-2-13(9)20)23-14-10(17)3-7(4-11(14)18)5-12(19)15(21)22;/h2*1-4,6,12,20H,5,19H2,(H,21,22);/q;;+2/p-2/t2*12-;/m00./s1. The van der Waals surface area contributed by atoms with Crippen molar-refractivity contribution in [1.82, 2.24) is 0 Å². The Labute approximate surface area is 368 Å². The van der Waals surface area contributed by atoms with Crippen molar-refractivity contribution in [2.24, 2.45) is 11.5 Å². The van der Waals surface area contributed by atoms with E-state index in [-0.39, 0.29) is 47.4 Å². The summed E-state index contributed by atoms with van der Waals surface area (Å²) < 4.78 is 16.6. The summed E-state index contributed by atoms with van der Waals surface area (Å²) in [4.78, 5) is 21.5. The number of aromatic hydroxyl groups is 2. The minimum Gasteiger partial charge on any atom is -0.548 e. The number of phenolic OH excluding ortho intramolecular Hbond substituents is 2. The van der Waals surface area contributed by atoms with Crippen molar-refractivity contribution in [2.45, 2.75) is 24.9 Å². The van der Waals surface area contributed by atoms with Gasteiger partial charge >= 0.3 is 23.1 Å². The fourth-order valence-corrected chi connectivity index (χ4v) is 8.88. The van der Waals surface area contributed by atoms with Crippen molar-refractivity contribution < 1.29 is 39.5 Å². The van der Waals surface area contributed by atoms with Gasteiger partial charge in [-0.3, -0.25) is 0 Å². The molecule has 0 saturated carbocycles. The summed E-state index contributed by atoms with van der Waals surface area (Å²) >= 11 is 12.6. The monoisotopic (exact) mass is 1320 g/mol. The zero-order chi connectivity index (χ0) is 34.3. The Morgan fingerprint density at radius 2 is 0.894 bits per heavy atom. The first kappa shape index (κ1) is 43.3. The molecule has 0 saturated heterocycles. The molecule has 0 radical (unpaired) electrons. The number of aliphatic carboxylic acids is 2. The molecule has 0 aliphatic rings. The van der Waals surface area contributed by atoms with Crippen molar-refractivity contribution in [3.8, 4) is 34.5 Å². The largest absolute Gasteiger partial charge is 2.00 e. The Kier molecular flexibility index (Phi) is 18.6. The molecule has 4 aromatic rings. The molecule has 2 atom stereocenters. The van der Waals surface area contributed by atoms with Crippen LogP contribution >= 0.6 is 136 Å². The quantitative estimate of drug-likeness (QED) is 0.126. The van der Waals surface area contributed by atoms with Crippen LogP contribution in [0.25, 0.3) is 0 Å². The first-order valence-electron chi connectivity index (χ1n) is 12.8. The van der Waals surface area contributed by atoms with Gasteiger partial charge in [0.15, 0.2) is 11.5 Å². The van der Waals surface area contributed by atoms with Crippen LogP contribution < -0.4 is 31.2 Å². The van der Waals surface area contributed by atoms with Gasteiger partial charge in [0.25, 0.3) is 0 Å². The molecule has 0 amide bonds. The number of hydrogen-bond acceptors (Lipinski definition) is 10. The van der Waals surface area contributed by atoms with Gasteiger partial charge in [0.1, 0.15) is 23.0 Å². The number of phenols is 2. The summed E-state index contributed by atoms with van der Waals surface area (Å²) in [5, 5.41) is 40.6. The number of carboxylic acids is 2. The number of carbonyl (C=O) groups excluding carboxylic acids is 2. The fraction of sp³-hybridized carbons (Fsp3) is 0.133. The van der Waals surface area contributed by atoms with Crippen LogP contribution in [0.3, 0.4) is 0 Å². The number of halogens is 6. The van der Waals surface area contributed by atoms with Crippen molar-refractivity contribution in [3.05, 3.63) is 93.2 Å². The smallest absolute Gasteiger partial charge is 0.548 e. The zero-order valence-corrected chi connectivity index (χ0v) is 38.2. The molecule has 17 heteroatoms. The third-order valence-electron chi connectivity index (χ3n) is 5.91. The van der Waals surface area contributed by atoms with Gasteiger partial charge in [-0.1, -0.05) is 0 Å². The first-order chi connectivity index (χ1) is 21.5. The summed E-state index contributed by atoms with van der Waals surface area (Å²) in [5.41, 5.74) is 12.7. The van der Waals surface area contributed by atoms with Crippen LogP contribution in [-0.2, 0) is 22.4 Å². The number of rotatable bonds is 10. The first-order valence-corrected chi connectivity index (χ1v) is 19.2. The van der Waals surface area contributed by atoms with Gasteiger partial charge < -0.3 is 51.0 Å². The van der Waals surface area contributed by atoms with E-state index in [1.54, 1.807) is 36.4 Å². The molecule has 0 heterocycles. The number of nitrogens with two attached hydrogens (primary N) is 2. The summed E-state index contributed by atoms with van der Waals surface area (Å²) in [7, 11) is 0. The van der Waals surface area contributed by atoms with Crippen molar-refractivity contribution >= 4 is 171 Å². The van der Waals surface area contributed by atoms with Crippen LogP contribution in [0.4, 0.5) is 0 Å². The summed E-state index contributed by atoms with van der Waals surface area (Å²) in [6, 6.07) is 15.3. The molecule has 0 unspecified atom stereocenters. The molecule has 0 aromatic heterocycles. The number of carbonyl (C=O) groups is 2. The van der Waals surface area contributed by atoms with Crippen LogP contribution in [0.15, 0.2) is 60.7 Å². The Morgan fingerprint density at radius 1 is 0.596 bits per heavy atom. The second-order valence-electron chi connectivity index (χ2n) is 9.47. The molecule has 0 aliphatic heterocycles. The molecule has 4 rings (SSSR count). The van der Waals surface area contributed by atoms with Crippen molar-refractivity contribution in [3.63, 3.8) is 0 Å². The zero-order valence-electron chi connectivity index (χ0n) is 23.8. The second kappa shape index (κ2) is 20.2. The van der Waals surface area contributed by atoms with Gasteiger partial charge in [-0.2, -0.15) is 0 Å². The molecule has 244 valence electrons. The number of ether oxygens (including phenoxy) is 2. The van der Waals surface area contributed by atoms with Crippen LogP contribution in [0.5, 0.6) is 34.5 Å². The van der Waals surface area contributed by atoms with Gasteiger partial charge in [0, 0.05) is 12.1 Å². The number of benzene rings is 4. The van der Waals surface area contributed by atoms with Crippen LogP contribution in [0.2, 0.25) is 0 Å². The van der Waals surface area contributed by atoms with E-state index < -0.39 is 24.0 Å². The fourth-order valence-electron chi connectivity index (χ4n) is 3.67. The molecule has 4 aromatic carbocycles. The van der Waals surface area contributed by atoms with Gasteiger partial charge in [0.05, 0.1) is 33.4 Å². The molecule has 10 nitrogen and oxygen atoms in total. The van der Waals surface area contributed by atoms with E-state index in [0.29, 0.717) is 30.1 Å². The van der Waals surface area contributed by atoms with Gasteiger partial charge in [-0.15, -0.1) is 0 Å². The van der Waals surface area contributed by atoms with Crippen LogP contribution in [0, 0.1) is 21.4 Å². The molecule has 0 aliphatic carbocycles. The third kappa shape index (κ3) is 13.3. The third-order valence-corrected chi connectivity index (χ3v) is 10.8. The van der Waals surface area contributed by atoms with Crippen LogP contribution in [0.1, 0.15) is 11.1 Å². The van der Waals surface area contributed by atoms with Crippen LogP contribution in [-0.4, -0.2) is 57.3 Å². The van der Waals surface area contributed by atoms with E-state index in [4.69, 9.17) is 20.9 Å². The summed E-state index contributed by atoms with van der Waals surface area (Å²) in [6.07, 6.45) is 0.400. The molecule has 6 N–H and O–H groups in total. The topological polar surface area (TPSA) is 191 Å². The summed E-state index contributed by atoms with van der Waals surface area (Å²) in [5.74, 6) is 0.451. The number of carboxylic acid groups (broad SMARTS) is 2. The molecule has 47 heavy (non-hydrogen) atoms. The van der Waals surface area contributed by atoms with Gasteiger partial charge in [-0.25, -0.2) is 0 Å². The maximum absolute atomic E-state index is 10.8. The van der Waals surface area contributed by atoms with Crippen molar-refractivity contribution in [2.75, 3.05) is 0 Å². The maximum atomic E-state index is 10.8. The molecule has 0 fully saturated rings. The maximum Gasteiger partial charge on any atom is 2.00 e. The molecule has 0 spiro atoms. The Bertz CT molecular complexity index is 1590. The Balaban J connectivity index is 0.000000320. The summed E-state index contributed by atoms with van der Waals surface area (Å²) in [6.45, 7) is 0. The van der Waals surface area contributed by atoms with E-state index >= 15 is 0 Å². The minimum absolute atomic E-state index is 0. The SMILES string of the molecule is N[C@@H](Cc1cc(I)c(Oc2ccc(O)c(I)c2)c(I)c1)C(=O)[O-].N[C@@H](Cc1cc(I)c(Oc2ccc(O)c(I)c2)c(I)c1)C(=O)[O-].[Mg+2]. The predicted molar refractivity (Wildman–Crippen MR) is 225 cm³/mol. The minimum atomic E-state index is -1.27.